The number of hydrogen-bond donors (Lipinski definition) is 4. The normalized spacial score (nSPS) is 18.3. The van der Waals surface area contributed by atoms with E-state index in [4.69, 9.17) is 70.7 Å². The molecule has 0 amide bonds. The molecule has 7 heterocycles. The molecule has 7 aromatic rings. The van der Waals surface area contributed by atoms with Crippen molar-refractivity contribution in [3.8, 4) is 6.07 Å². The largest absolute Gasteiger partial charge is 1.00 e. The van der Waals surface area contributed by atoms with Gasteiger partial charge in [-0.2, -0.15) is 72.8 Å². The van der Waals surface area contributed by atoms with E-state index in [1.165, 1.54) is 35.2 Å². The number of nitro groups is 1. The van der Waals surface area contributed by atoms with E-state index in [0.29, 0.717) is 142 Å². The van der Waals surface area contributed by atoms with Crippen LogP contribution >= 0.6 is 46.2 Å². The number of carboxylic acids is 1. The summed E-state index contributed by atoms with van der Waals surface area (Å²) in [6, 6.07) is 9.91. The third-order valence-corrected chi connectivity index (χ3v) is 26.5. The van der Waals surface area contributed by atoms with Crippen molar-refractivity contribution in [1.29, 1.82) is 5.26 Å². The number of aliphatic carboxylic acids is 1. The predicted octanol–water partition coefficient (Wildman–Crippen LogP) is 19.4. The van der Waals surface area contributed by atoms with Gasteiger partial charge in [-0.1, -0.05) is 83.1 Å². The SMILES string of the molecule is CC#N.CCOC(C)=O.COC(=O)C[C@@H](C)c1cnc(N(CC(C)C)C2CCC(OC)CC2)c(N)c1.COC(=O)C[C@@H](C)c1cnc(N(CC(C)C)C2CCC(OC)CC2)c(Nc2nc(C(F)(F)F)ns2)c1.COC(=O)C[C@@H](C)c1cnc(N(CC(C)C)C2CCC(OC)CC2)c([N+](=O)[O-])c1.COC1CCC(N(CC(C)C)c2ncc([C@H](C)CC(=O)O)cc2Nc2nc(C(F)(F)F)ns2)CC1.FC(F)(F)c1nsc(Cl)n1.[Na+].[OH-]. The fourth-order valence-electron chi connectivity index (χ4n) is 17.1. The number of nitrogens with one attached hydrogen (secondary N) is 2. The summed E-state index contributed by atoms with van der Waals surface area (Å²) >= 11 is 6.89. The number of methoxy groups -OCH3 is 7. The Kier molecular flexibility index (Phi) is 59.0. The summed E-state index contributed by atoms with van der Waals surface area (Å²) in [6.45, 7) is 32.7. The van der Waals surface area contributed by atoms with Crippen LogP contribution in [0.5, 0.6) is 0 Å². The summed E-state index contributed by atoms with van der Waals surface area (Å²) in [5, 5.41) is 34.5. The molecule has 0 bridgehead atoms. The standard InChI is InChI=1S/C24H34F3N5O3S.C23H32F3N5O3S.C21H33N3O5.C21H35N3O3.C4H8O2.C3ClF3N2S.C2H3N.Na.H2O/c1-14(2)13-32(17-6-8-18(34-4)9-7-17)21-19(29-23-30-22(31-36-23)24(25,26)27)11-16(12-28-21)15(3)10-20(33)35-5;1-13(2)12-31(16-5-7-17(34-4)8-6-16)20-18(10-15(11-27-20)14(3)9-19(32)33)28-22-29-21(30-35-22)23(24,25)26;1-14(2)13-23(17-6-8-18(28-4)9-7-17)21-19(24(26)27)11-16(12-22-21)15(3)10-20(25)29-5;1-14(2)13-24(17-6-8-18(26-4)9-7-17)21-19(22)11-16(12-23-21)15(3)10-20(25)27-5;1-3-6-4(2)5;4-2-8-1(9-10-2)3(5,6)7;1-2-3;;/h11-12,14-15,17-18H,6-10,13H2,1-5H3,(H,29,30,31);10-11,13-14,16-17H,5-9,12H2,1-4H3,(H,32,33)(H,28,29,30);11-12,14-15,17-18H,6-10,13H2,1-5H3;11-12,14-15,17-18H,6-10,13,22H2,1-5H3;3H2,1-2H3;;1H3;;1H2/q;;;;;;;+1;/p-1/t15-,17?,18?;14-,16?,17?;2*15-,17?,18?;;;;;/m1111...../s1. The van der Waals surface area contributed by atoms with Gasteiger partial charge in [-0.25, -0.2) is 19.9 Å². The fourth-order valence-corrected chi connectivity index (χ4v) is 18.9. The van der Waals surface area contributed by atoms with E-state index in [2.05, 4.69) is 123 Å². The van der Waals surface area contributed by atoms with Gasteiger partial charge >= 0.3 is 83.6 Å². The number of ether oxygens (including phenoxy) is 8. The predicted molar refractivity (Wildman–Crippen MR) is 547 cm³/mol. The van der Waals surface area contributed by atoms with Gasteiger partial charge in [0.2, 0.25) is 38.0 Å². The molecule has 4 aliphatic carbocycles. The van der Waals surface area contributed by atoms with Crippen molar-refractivity contribution >= 4 is 132 Å². The first kappa shape index (κ1) is 133. The molecule has 11 rings (SSSR count). The van der Waals surface area contributed by atoms with Crippen molar-refractivity contribution < 1.29 is 146 Å². The Morgan fingerprint density at radius 1 is 0.480 bits per heavy atom. The van der Waals surface area contributed by atoms with Crippen LogP contribution in [-0.4, -0.2) is 224 Å². The van der Waals surface area contributed by atoms with E-state index in [1.54, 1.807) is 79.1 Å². The molecule has 4 saturated carbocycles. The molecule has 50 heteroatoms. The number of halogens is 10. The van der Waals surface area contributed by atoms with Crippen LogP contribution in [0.15, 0.2) is 49.1 Å². The van der Waals surface area contributed by atoms with Crippen LogP contribution in [0.3, 0.4) is 0 Å². The van der Waals surface area contributed by atoms with Crippen molar-refractivity contribution in [3.05, 3.63) is 103 Å². The van der Waals surface area contributed by atoms with Crippen LogP contribution in [0.1, 0.15) is 296 Å². The molecular weight excluding hydrogens is 2040 g/mol. The van der Waals surface area contributed by atoms with Crippen molar-refractivity contribution in [2.75, 3.05) is 119 Å². The second-order valence-corrected chi connectivity index (χ2v) is 40.7. The first-order valence-corrected chi connectivity index (χ1v) is 51.3. The molecule has 7 aromatic heterocycles. The zero-order chi connectivity index (χ0) is 109. The summed E-state index contributed by atoms with van der Waals surface area (Å²) in [5.41, 5.74) is 11.2. The van der Waals surface area contributed by atoms with Crippen LogP contribution in [-0.2, 0) is 80.4 Å². The number of carbonyl (C=O) groups is 5. The molecule has 148 heavy (non-hydrogen) atoms. The second-order valence-electron chi connectivity index (χ2n) is 37.8. The van der Waals surface area contributed by atoms with Crippen LogP contribution < -0.4 is 65.5 Å². The quantitative estimate of drug-likeness (QED) is 0.00697. The molecule has 0 spiro atoms. The zero-order valence-corrected chi connectivity index (χ0v) is 94.0. The van der Waals surface area contributed by atoms with E-state index >= 15 is 0 Å². The first-order valence-electron chi connectivity index (χ1n) is 48.6. The Labute approximate surface area is 900 Å². The minimum Gasteiger partial charge on any atom is -0.870 e. The van der Waals surface area contributed by atoms with Crippen molar-refractivity contribution in [1.82, 2.24) is 48.0 Å². The number of nitriles is 1. The third-order valence-electron chi connectivity index (χ3n) is 24.5. The van der Waals surface area contributed by atoms with Crippen LogP contribution in [0.2, 0.25) is 4.47 Å². The van der Waals surface area contributed by atoms with Gasteiger partial charge in [0.25, 0.3) is 0 Å². The number of nitrogens with zero attached hydrogens (tertiary/aromatic N) is 16. The van der Waals surface area contributed by atoms with E-state index in [1.807, 2.05) is 39.1 Å². The zero-order valence-electron chi connectivity index (χ0n) is 88.8. The van der Waals surface area contributed by atoms with E-state index in [-0.39, 0.29) is 164 Å². The number of carboxylic acid groups (broad SMARTS) is 1. The number of pyridine rings is 4. The van der Waals surface area contributed by atoms with E-state index < -0.39 is 42.0 Å². The summed E-state index contributed by atoms with van der Waals surface area (Å²) in [7, 11) is 11.1. The molecule has 4 atom stereocenters. The molecule has 0 saturated heterocycles. The van der Waals surface area contributed by atoms with Gasteiger partial charge in [-0.05, 0) is 221 Å². The average Bonchev–Trinajstić information content (AvgIpc) is 1.30. The van der Waals surface area contributed by atoms with Gasteiger partial charge < -0.3 is 84.4 Å². The van der Waals surface area contributed by atoms with Crippen LogP contribution in [0.25, 0.3) is 0 Å². The molecular formula is C98H146ClF9N19NaO17S3. The Balaban J connectivity index is 0.000000477. The maximum atomic E-state index is 13.1. The molecule has 0 unspecified atom stereocenters. The summed E-state index contributed by atoms with van der Waals surface area (Å²) in [6.07, 6.45) is 10.2. The molecule has 4 fully saturated rings. The molecule has 4 aliphatic rings. The Morgan fingerprint density at radius 2 is 0.750 bits per heavy atom. The van der Waals surface area contributed by atoms with E-state index in [0.717, 1.165) is 133 Å². The van der Waals surface area contributed by atoms with E-state index in [9.17, 15) is 78.7 Å². The van der Waals surface area contributed by atoms with Gasteiger partial charge in [0, 0.05) is 147 Å². The molecule has 36 nitrogen and oxygen atoms in total. The number of nitrogen functional groups attached to an aromatic ring is 1. The minimum absolute atomic E-state index is 0. The Bertz CT molecular complexity index is 5180. The van der Waals surface area contributed by atoms with Crippen molar-refractivity contribution in [3.63, 3.8) is 0 Å². The Morgan fingerprint density at radius 3 is 0.986 bits per heavy atom. The number of esters is 4. The molecule has 824 valence electrons. The topological polar surface area (TPSA) is 468 Å². The number of rotatable bonds is 38. The monoisotopic (exact) mass is 2190 g/mol. The number of alkyl halides is 9. The number of nitrogens with two attached hydrogens (primary N) is 1. The fraction of sp³-hybridized carbons (Fsp3) is 0.673. The maximum absolute atomic E-state index is 13.1. The second kappa shape index (κ2) is 65.7. The number of anilines is 9. The molecule has 6 N–H and O–H groups in total. The number of hydrogen-bond acceptors (Lipinski definition) is 37. The third kappa shape index (κ3) is 44.9. The molecule has 0 aliphatic heterocycles. The van der Waals surface area contributed by atoms with Crippen LogP contribution in [0, 0.1) is 45.1 Å². The average molecular weight is 2190 g/mol. The summed E-state index contributed by atoms with van der Waals surface area (Å²) in [5.74, 6) is -2.32. The molecule has 0 aromatic carbocycles. The number of carbonyl (C=O) groups excluding carboxylic acids is 4. The first-order chi connectivity index (χ1) is 68.8. The van der Waals surface area contributed by atoms with Crippen molar-refractivity contribution in [2.24, 2.45) is 23.7 Å². The van der Waals surface area contributed by atoms with Gasteiger partial charge in [0.1, 0.15) is 0 Å². The van der Waals surface area contributed by atoms with Gasteiger partial charge in [-0.3, -0.25) is 34.1 Å². The maximum Gasteiger partial charge on any atom is 1.00 e. The van der Waals surface area contributed by atoms with Gasteiger partial charge in [0.05, 0.1) is 106 Å². The molecule has 0 radical (unpaired) electrons. The van der Waals surface area contributed by atoms with Gasteiger partial charge in [-0.15, -0.1) is 0 Å². The summed E-state index contributed by atoms with van der Waals surface area (Å²) in [4.78, 5) is 105. The minimum atomic E-state index is -4.64. The van der Waals surface area contributed by atoms with Crippen molar-refractivity contribution in [2.45, 2.75) is 323 Å². The van der Waals surface area contributed by atoms with Gasteiger partial charge in [0.15, 0.2) is 17.5 Å². The summed E-state index contributed by atoms with van der Waals surface area (Å²) < 4.78 is 164. The smallest absolute Gasteiger partial charge is 0.870 e. The Hall–Kier alpha value is -9.42. The van der Waals surface area contributed by atoms with Crippen LogP contribution in [0.4, 0.5) is 95.8 Å². The number of aromatic nitrogens is 10.